The molecule has 0 aliphatic rings. The molecule has 0 spiro atoms. The number of carbonyl (C=O) groups is 1. The van der Waals surface area contributed by atoms with Crippen LogP contribution in [0.25, 0.3) is 0 Å². The van der Waals surface area contributed by atoms with Crippen molar-refractivity contribution in [3.63, 3.8) is 0 Å². The van der Waals surface area contributed by atoms with Gasteiger partial charge in [-0.3, -0.25) is 19.5 Å². The van der Waals surface area contributed by atoms with E-state index in [2.05, 4.69) is 16.0 Å². The van der Waals surface area contributed by atoms with Gasteiger partial charge in [-0.15, -0.1) is 0 Å². The molecule has 0 aromatic heterocycles. The third kappa shape index (κ3) is 8.44. The van der Waals surface area contributed by atoms with Gasteiger partial charge in [0.15, 0.2) is 0 Å². The van der Waals surface area contributed by atoms with E-state index in [0.29, 0.717) is 0 Å². The van der Waals surface area contributed by atoms with Crippen molar-refractivity contribution in [3.05, 3.63) is 34.4 Å². The van der Waals surface area contributed by atoms with Gasteiger partial charge in [-0.05, 0) is 6.07 Å². The van der Waals surface area contributed by atoms with Crippen molar-refractivity contribution < 1.29 is 22.7 Å². The topological polar surface area (TPSA) is 127 Å². The third-order valence-corrected chi connectivity index (χ3v) is 1.41. The molecule has 18 heavy (non-hydrogen) atoms. The summed E-state index contributed by atoms with van der Waals surface area (Å²) in [5.74, 6) is -0.325. The molecule has 0 heterocycles. The van der Waals surface area contributed by atoms with Gasteiger partial charge in [0.05, 0.1) is 4.92 Å². The van der Waals surface area contributed by atoms with E-state index in [1.165, 1.54) is 19.1 Å². The van der Waals surface area contributed by atoms with Gasteiger partial charge in [-0.25, -0.2) is 0 Å². The number of para-hydroxylation sites is 2. The zero-order valence-electron chi connectivity index (χ0n) is 9.03. The van der Waals surface area contributed by atoms with Crippen molar-refractivity contribution in [3.8, 4) is 0 Å². The molecule has 0 aliphatic carbocycles. The minimum absolute atomic E-state index is 0.0994. The average Bonchev–Trinajstić information content (AvgIpc) is 2.14. The molecule has 1 aromatic rings. The van der Waals surface area contributed by atoms with Crippen molar-refractivity contribution >= 4 is 37.3 Å². The summed E-state index contributed by atoms with van der Waals surface area (Å²) in [6.07, 6.45) is 0. The summed E-state index contributed by atoms with van der Waals surface area (Å²) in [4.78, 5) is 20.6. The number of anilines is 1. The second-order valence-corrected chi connectivity index (χ2v) is 4.86. The van der Waals surface area contributed by atoms with Gasteiger partial charge in [0.1, 0.15) is 5.69 Å². The number of amides is 1. The average molecular weight is 297 g/mol. The van der Waals surface area contributed by atoms with Crippen LogP contribution in [0.4, 0.5) is 11.4 Å². The zero-order valence-corrected chi connectivity index (χ0v) is 10.6. The number of nitro groups is 1. The molecule has 0 fully saturated rings. The smallest absolute Gasteiger partial charge is 0.321 e. The first-order valence-electron chi connectivity index (χ1n) is 4.29. The Balaban J connectivity index is 0.000000494. The number of hydrogen-bond donors (Lipinski definition) is 2. The molecule has 8 nitrogen and oxygen atoms in total. The minimum atomic E-state index is -4.19. The fourth-order valence-corrected chi connectivity index (χ4v) is 0.928. The lowest BCUT2D eigenvalue weighted by Gasteiger charge is -2.01. The van der Waals surface area contributed by atoms with Crippen molar-refractivity contribution in [2.24, 2.45) is 0 Å². The highest BCUT2D eigenvalue weighted by atomic mass is 35.7. The molecule has 0 bridgehead atoms. The van der Waals surface area contributed by atoms with Crippen LogP contribution in [0.2, 0.25) is 0 Å². The van der Waals surface area contributed by atoms with Crippen molar-refractivity contribution in [2.75, 3.05) is 5.32 Å². The van der Waals surface area contributed by atoms with Crippen LogP contribution in [0.3, 0.4) is 0 Å². The highest BCUT2D eigenvalue weighted by molar-refractivity contribution is 8.09. The lowest BCUT2D eigenvalue weighted by atomic mass is 10.2. The largest absolute Gasteiger partial charge is 0.353 e. The molecule has 100 valence electrons. The van der Waals surface area contributed by atoms with Crippen molar-refractivity contribution in [2.45, 2.75) is 6.92 Å². The zero-order chi connectivity index (χ0) is 14.3. The number of benzene rings is 1. The monoisotopic (exact) mass is 296 g/mol. The van der Waals surface area contributed by atoms with Gasteiger partial charge in [-0.1, -0.05) is 12.1 Å². The van der Waals surface area contributed by atoms with Crippen LogP contribution >= 0.6 is 10.7 Å². The maximum absolute atomic E-state index is 10.7. The fourth-order valence-electron chi connectivity index (χ4n) is 0.928. The summed E-state index contributed by atoms with van der Waals surface area (Å²) < 4.78 is 25.2. The van der Waals surface area contributed by atoms with E-state index >= 15 is 0 Å². The van der Waals surface area contributed by atoms with Gasteiger partial charge in [0.2, 0.25) is 5.91 Å². The highest BCUT2D eigenvalue weighted by Gasteiger charge is 2.12. The highest BCUT2D eigenvalue weighted by Crippen LogP contribution is 2.22. The molecule has 0 aliphatic heterocycles. The Kier molecular flexibility index (Phi) is 6.23. The van der Waals surface area contributed by atoms with Crippen molar-refractivity contribution in [1.29, 1.82) is 0 Å². The number of halogens is 1. The van der Waals surface area contributed by atoms with E-state index in [1.54, 1.807) is 12.1 Å². The number of hydrogen-bond acceptors (Lipinski definition) is 5. The van der Waals surface area contributed by atoms with Crippen LogP contribution in [-0.2, 0) is 14.1 Å². The fraction of sp³-hybridized carbons (Fsp3) is 0.125. The quantitative estimate of drug-likeness (QED) is 0.369. The van der Waals surface area contributed by atoms with E-state index in [-0.39, 0.29) is 17.3 Å². The maximum Gasteiger partial charge on any atom is 0.353 e. The Morgan fingerprint density at radius 2 is 1.89 bits per heavy atom. The lowest BCUT2D eigenvalue weighted by Crippen LogP contribution is -2.07. The summed E-state index contributed by atoms with van der Waals surface area (Å²) in [5.41, 5.74) is 0.123. The second kappa shape index (κ2) is 6.89. The Morgan fingerprint density at radius 1 is 1.44 bits per heavy atom. The first-order chi connectivity index (χ1) is 8.11. The third-order valence-electron chi connectivity index (χ3n) is 1.41. The van der Waals surface area contributed by atoms with Gasteiger partial charge in [0, 0.05) is 23.7 Å². The van der Waals surface area contributed by atoms with Gasteiger partial charge < -0.3 is 5.32 Å². The molecule has 0 saturated heterocycles. The number of nitro benzene ring substituents is 1. The minimum Gasteiger partial charge on any atom is -0.321 e. The van der Waals surface area contributed by atoms with E-state index in [4.69, 9.17) is 13.0 Å². The molecular weight excluding hydrogens is 288 g/mol. The number of nitrogens with zero attached hydrogens (tertiary/aromatic N) is 1. The van der Waals surface area contributed by atoms with E-state index in [9.17, 15) is 14.9 Å². The summed E-state index contributed by atoms with van der Waals surface area (Å²) >= 11 is 0. The van der Waals surface area contributed by atoms with Gasteiger partial charge >= 0.3 is 9.33 Å². The molecule has 1 aromatic carbocycles. The summed E-state index contributed by atoms with van der Waals surface area (Å²) in [6.45, 7) is 1.30. The first kappa shape index (κ1) is 16.3. The van der Waals surface area contributed by atoms with Crippen LogP contribution in [0, 0.1) is 10.1 Å². The van der Waals surface area contributed by atoms with Crippen LogP contribution in [0.1, 0.15) is 6.92 Å². The summed E-state index contributed by atoms with van der Waals surface area (Å²) in [6, 6.07) is 5.99. The SMILES string of the molecule is CC(=O)Nc1ccccc1[N+](=O)[O-].O=S(=O)(O)Cl. The molecule has 0 saturated carbocycles. The van der Waals surface area contributed by atoms with Gasteiger partial charge in [-0.2, -0.15) is 8.42 Å². The molecule has 1 rings (SSSR count). The predicted octanol–water partition coefficient (Wildman–Crippen LogP) is 1.58. The Bertz CT molecular complexity index is 536. The number of rotatable bonds is 2. The van der Waals surface area contributed by atoms with E-state index < -0.39 is 14.3 Å². The number of nitrogens with one attached hydrogen (secondary N) is 1. The number of carbonyl (C=O) groups excluding carboxylic acids is 1. The Hall–Kier alpha value is -1.71. The normalized spacial score (nSPS) is 9.94. The molecule has 2 N–H and O–H groups in total. The predicted molar refractivity (Wildman–Crippen MR) is 64.8 cm³/mol. The molecule has 0 unspecified atom stereocenters. The molecule has 0 radical (unpaired) electrons. The standard InChI is InChI=1S/C8H8N2O3.ClHO3S/c1-6(11)9-7-4-2-3-5-8(7)10(12)13;1-5(2,3)4/h2-5H,1H3,(H,9,11);(H,2,3,4). The van der Waals surface area contributed by atoms with Gasteiger partial charge in [0.25, 0.3) is 5.69 Å². The molecule has 1 amide bonds. The molecular formula is C8H9ClN2O6S. The van der Waals surface area contributed by atoms with Crippen molar-refractivity contribution in [1.82, 2.24) is 0 Å². The van der Waals surface area contributed by atoms with Crippen LogP contribution < -0.4 is 5.32 Å². The Morgan fingerprint density at radius 3 is 2.28 bits per heavy atom. The lowest BCUT2D eigenvalue weighted by molar-refractivity contribution is -0.383. The summed E-state index contributed by atoms with van der Waals surface area (Å²) in [7, 11) is -0.137. The molecule has 0 atom stereocenters. The first-order valence-corrected chi connectivity index (χ1v) is 6.56. The second-order valence-electron chi connectivity index (χ2n) is 2.87. The maximum atomic E-state index is 10.7. The van der Waals surface area contributed by atoms with Crippen LogP contribution in [-0.4, -0.2) is 23.8 Å². The Labute approximate surface area is 107 Å². The van der Waals surface area contributed by atoms with Crippen LogP contribution in [0.15, 0.2) is 24.3 Å². The van der Waals surface area contributed by atoms with E-state index in [0.717, 1.165) is 0 Å². The van der Waals surface area contributed by atoms with Crippen LogP contribution in [0.5, 0.6) is 0 Å². The summed E-state index contributed by atoms with van der Waals surface area (Å²) in [5, 5.41) is 12.8. The molecule has 10 heteroatoms. The van der Waals surface area contributed by atoms with E-state index in [1.807, 2.05) is 0 Å².